The average molecular weight is 2950 g/mol. The van der Waals surface area contributed by atoms with E-state index in [1.807, 2.05) is 207 Å². The van der Waals surface area contributed by atoms with Crippen molar-refractivity contribution in [3.05, 3.63) is 482 Å². The summed E-state index contributed by atoms with van der Waals surface area (Å²) in [5.74, 6) is -0.580. The second-order valence-electron chi connectivity index (χ2n) is 29.1. The molecule has 0 saturated heterocycles. The molecule has 8 aliphatic rings. The number of aromatic hydroxyl groups is 1. The van der Waals surface area contributed by atoms with Crippen LogP contribution in [-0.4, -0.2) is 86.4 Å². The molecule has 4 aromatic carbocycles. The van der Waals surface area contributed by atoms with Crippen LogP contribution in [0, 0.1) is 58.4 Å². The van der Waals surface area contributed by atoms with Crippen LogP contribution in [0.1, 0.15) is 61.0 Å². The van der Waals surface area contributed by atoms with Gasteiger partial charge in [0.25, 0.3) is 0 Å². The van der Waals surface area contributed by atoms with E-state index in [2.05, 4.69) is 151 Å². The molecular weight excluding hydrogens is 2850 g/mol. The first kappa shape index (κ1) is 123. The molecule has 5 radical (unpaired) electrons. The van der Waals surface area contributed by atoms with Gasteiger partial charge in [0.1, 0.15) is 17.1 Å². The summed E-state index contributed by atoms with van der Waals surface area (Å²) in [4.78, 5) is 61.4. The molecule has 0 spiro atoms. The van der Waals surface area contributed by atoms with Crippen LogP contribution in [0.5, 0.6) is 5.75 Å². The molecule has 19 nitrogen and oxygen atoms in total. The molecule has 0 bridgehead atoms. The Balaban J connectivity index is 0.000000532. The van der Waals surface area contributed by atoms with E-state index in [1.54, 1.807) is 55.9 Å². The first-order chi connectivity index (χ1) is 65.2. The third-order valence-electron chi connectivity index (χ3n) is 18.0. The van der Waals surface area contributed by atoms with E-state index in [0.717, 1.165) is 90.0 Å². The standard InChI is InChI=1S/C19H13N2.3C15H10N.C11H6F2NO.C11H8NO.C8H9NO.4C5H8O2.4Ir.Os.Pt/c1-3-7-15-13-17(14-16(15)8-4-1)19-20-11-12-21(19)18-9-5-2-6-10-18;1-2-8-14(15-10-3-4-11-16-15)13-9-5-7-12(13)6-1;1-2-6-12-9-10-14(13(12)7-3-1)15-8-4-5-11-16-15;1-2-6-12-10-14(11-13(12)7-3-1)15-8-4-5-9-16-15;12-8-4-5-9(10(13)7-8)11-3-1-2-6-14(11)15;13-12-9-5-4-8-11(12)10-6-2-1-3-7-10;1-9-6-7-4-2-3-5-8(7)10;4*1-4(6)3-5(2)7;;;;;;/h1-13H;1-7,9-11H;1-9,11H;1-10H;1-4,6-7H;1-6,8-9H;2-6,10H,1H3;4*3,6H,1-2H3;;;;;;/q6*-1;;;;;;;;;;+1;. The molecule has 5 N–H and O–H groups in total. The van der Waals surface area contributed by atoms with Gasteiger partial charge in [-0.25, -0.2) is 9.46 Å². The number of pyridine rings is 5. The predicted molar refractivity (Wildman–Crippen MR) is 529 cm³/mol. The van der Waals surface area contributed by atoms with E-state index < -0.39 is 11.6 Å². The molecule has 8 aliphatic carbocycles. The van der Waals surface area contributed by atoms with Crippen molar-refractivity contribution in [1.29, 1.82) is 0 Å². The number of carbonyl (C=O) groups excluding carboxylic acids is 4. The quantitative estimate of drug-likeness (QED) is 0.0190. The van der Waals surface area contributed by atoms with Gasteiger partial charge in [-0.1, -0.05) is 192 Å². The summed E-state index contributed by atoms with van der Waals surface area (Å²) in [5, 5.41) is 65.2. The Morgan fingerprint density at radius 1 is 0.383 bits per heavy atom. The normalized spacial score (nSPS) is 10.2. The second-order valence-corrected chi connectivity index (χ2v) is 29.1. The number of aliphatic hydroxyl groups excluding tert-OH is 4. The van der Waals surface area contributed by atoms with Gasteiger partial charge in [-0.15, -0.1) is 177 Å². The Kier molecular flexibility index (Phi) is 59.2. The number of hydrogen-bond acceptors (Lipinski definition) is 16. The van der Waals surface area contributed by atoms with Crippen molar-refractivity contribution in [1.82, 2.24) is 24.5 Å². The van der Waals surface area contributed by atoms with E-state index in [0.29, 0.717) is 10.4 Å². The van der Waals surface area contributed by atoms with E-state index >= 15 is 0 Å². The number of aliphatic hydroxyl groups is 4. The number of rotatable bonds is 12. The number of para-hydroxylation sites is 2. The molecule has 27 heteroatoms. The van der Waals surface area contributed by atoms with Crippen molar-refractivity contribution in [3.8, 4) is 124 Å². The van der Waals surface area contributed by atoms with Gasteiger partial charge in [0.15, 0.2) is 35.5 Å². The maximum atomic E-state index is 13.3. The summed E-state index contributed by atoms with van der Waals surface area (Å²) in [6.45, 7) is 11.4. The first-order valence-corrected chi connectivity index (χ1v) is 42.0. The van der Waals surface area contributed by atoms with Crippen molar-refractivity contribution in [3.63, 3.8) is 0 Å². The molecule has 733 valence electrons. The van der Waals surface area contributed by atoms with Gasteiger partial charge in [0.05, 0.1) is 28.9 Å². The zero-order valence-electron chi connectivity index (χ0n) is 77.6. The van der Waals surface area contributed by atoms with Crippen LogP contribution in [0.25, 0.3) is 118 Å². The smallest absolute Gasteiger partial charge is 0.627 e. The number of fused-ring (bicyclic) bond motifs is 4. The number of carbonyl (C=O) groups is 4. The molecule has 18 rings (SSSR count). The van der Waals surface area contributed by atoms with Crippen LogP contribution in [0.15, 0.2) is 423 Å². The number of halogens is 2. The van der Waals surface area contributed by atoms with Gasteiger partial charge in [0.2, 0.25) is 0 Å². The minimum Gasteiger partial charge on any atom is -0.627 e. The van der Waals surface area contributed by atoms with Gasteiger partial charge < -0.3 is 50.5 Å². The molecule has 6 heterocycles. The Hall–Kier alpha value is -13.7. The van der Waals surface area contributed by atoms with Gasteiger partial charge in [-0.2, -0.15) is 0 Å². The number of imidazole rings is 1. The van der Waals surface area contributed by atoms with Crippen LogP contribution in [0.4, 0.5) is 8.78 Å². The number of ketones is 4. The topological polar surface area (TPSA) is 292 Å². The zero-order valence-corrected chi connectivity index (χ0v) is 92.0. The molecule has 6 aromatic heterocycles. The Morgan fingerprint density at radius 2 is 0.787 bits per heavy atom. The molecular formula is C114H98F2Ir4N8O11OsPt-5. The summed E-state index contributed by atoms with van der Waals surface area (Å²) >= 11 is 0. The molecule has 0 aliphatic heterocycles. The van der Waals surface area contributed by atoms with Gasteiger partial charge in [-0.05, 0) is 127 Å². The van der Waals surface area contributed by atoms with Crippen molar-refractivity contribution in [2.75, 3.05) is 7.05 Å². The average Bonchev–Trinajstić information content (AvgIpc) is 1.65. The number of nitrogens with zero attached hydrogens (tertiary/aromatic N) is 8. The summed E-state index contributed by atoms with van der Waals surface area (Å²) < 4.78 is 29.3. The number of aliphatic imine (C=N–C) groups is 1. The number of phenols is 1. The van der Waals surface area contributed by atoms with Crippen LogP contribution >= 0.6 is 0 Å². The van der Waals surface area contributed by atoms with Crippen LogP contribution in [0.3, 0.4) is 0 Å². The summed E-state index contributed by atoms with van der Waals surface area (Å²) in [5.41, 5.74) is 19.9. The Labute approximate surface area is 903 Å². The minimum atomic E-state index is -0.800. The summed E-state index contributed by atoms with van der Waals surface area (Å²) in [6.07, 6.45) is 18.2. The zero-order chi connectivity index (χ0) is 97.2. The molecule has 0 saturated carbocycles. The number of phenolic OH excluding ortho intramolecular Hbond substituents is 1. The molecule has 0 unspecified atom stereocenters. The summed E-state index contributed by atoms with van der Waals surface area (Å²) in [7, 11) is 1.67. The fraction of sp³-hybridized carbons (Fsp3) is 0.0789. The van der Waals surface area contributed by atoms with Crippen LogP contribution in [0.2, 0.25) is 0 Å². The Morgan fingerprint density at radius 3 is 1.26 bits per heavy atom. The SMILES string of the molecule is CC(=O)C=C(C)O.CC(=O)C=C(C)O.CC(=O)C=C(C)O.CC(=O)C=C(C)O.CN=Cc1ccccc1O.[Ir].[Ir].[Ir].[Ir].[O-][n+]1ccccc1-c1[c-]cc(F)cc1F.[O-][n+]1ccccc1-c1[c-]cccc1.[Os+].[Pt].[c-]1c2cccccc-2cc1-c1ccccn1.[c-]1c2cccccc-2cc1-c1nccn1-c1ccccc1.[c-]1cc2cccccc-2c1-c1ccccn1.[c-]1cccc2cccc-2c1-c1ccccn1. The second kappa shape index (κ2) is 67.6. The number of allylic oxidation sites excluding steroid dienone is 8. The molecule has 141 heavy (non-hydrogen) atoms. The fourth-order valence-corrected chi connectivity index (χ4v) is 12.5. The van der Waals surface area contributed by atoms with Gasteiger partial charge >= 0.3 is 19.8 Å². The Bertz CT molecular complexity index is 6600. The fourth-order valence-electron chi connectivity index (χ4n) is 12.5. The maximum absolute atomic E-state index is 13.3. The van der Waals surface area contributed by atoms with E-state index in [4.69, 9.17) is 25.5 Å². The molecule has 0 amide bonds. The van der Waals surface area contributed by atoms with E-state index in [9.17, 15) is 38.4 Å². The van der Waals surface area contributed by atoms with E-state index in [1.165, 1.54) is 138 Å². The predicted octanol–water partition coefficient (Wildman–Crippen LogP) is 24.8. The van der Waals surface area contributed by atoms with Crippen molar-refractivity contribution >= 4 is 29.3 Å². The third kappa shape index (κ3) is 43.7. The minimum absolute atomic E-state index is 0. The maximum Gasteiger partial charge on any atom is 1.00 e. The number of aromatic nitrogens is 7. The first-order valence-electron chi connectivity index (χ1n) is 42.0. The van der Waals surface area contributed by atoms with Gasteiger partial charge in [-0.3, -0.25) is 42.9 Å². The van der Waals surface area contributed by atoms with Crippen LogP contribution in [-0.2, 0) is 140 Å². The number of benzene rings is 4. The molecule has 0 atom stereocenters. The van der Waals surface area contributed by atoms with E-state index in [-0.39, 0.29) is 184 Å². The summed E-state index contributed by atoms with van der Waals surface area (Å²) in [6, 6.07) is 122. The molecule has 0 fully saturated rings. The third-order valence-corrected chi connectivity index (χ3v) is 18.0. The monoisotopic (exact) mass is 2950 g/mol. The number of hydrogen-bond donors (Lipinski definition) is 5. The molecule has 10 aromatic rings. The van der Waals surface area contributed by atoms with Crippen molar-refractivity contribution in [2.45, 2.75) is 55.4 Å². The largest absolute Gasteiger partial charge is 1.00 e. The van der Waals surface area contributed by atoms with Crippen LogP contribution < -0.4 is 9.46 Å². The van der Waals surface area contributed by atoms with Crippen molar-refractivity contribution in [2.24, 2.45) is 4.99 Å². The van der Waals surface area contributed by atoms with Gasteiger partial charge in [0, 0.05) is 211 Å². The van der Waals surface area contributed by atoms with Crippen molar-refractivity contribution < 1.29 is 184 Å².